The lowest BCUT2D eigenvalue weighted by atomic mass is 9.97. The Balaban J connectivity index is 1.55. The molecule has 0 aliphatic rings. The van der Waals surface area contributed by atoms with Crippen molar-refractivity contribution in [1.29, 1.82) is 0 Å². The molecule has 0 aliphatic carbocycles. The van der Waals surface area contributed by atoms with Gasteiger partial charge in [0.1, 0.15) is 28.8 Å². The van der Waals surface area contributed by atoms with Crippen LogP contribution in [0.15, 0.2) is 66.7 Å². The SMILES string of the molecule is CCCCCc1ccc(-c2ccc(-c3cc(F)c(C(=S)Oc4cc(F)c(F)c(F)c4)c(F)c3)c(F)c2)cc1. The molecule has 0 bridgehead atoms. The molecule has 4 aromatic rings. The Hall–Kier alpha value is -3.65. The fourth-order valence-electron chi connectivity index (χ4n) is 4.04. The highest BCUT2D eigenvalue weighted by atomic mass is 32.1. The predicted octanol–water partition coefficient (Wildman–Crippen LogP) is 9.34. The first-order valence-electron chi connectivity index (χ1n) is 11.9. The summed E-state index contributed by atoms with van der Waals surface area (Å²) in [5, 5.41) is -0.772. The molecule has 0 amide bonds. The van der Waals surface area contributed by atoms with Crippen LogP contribution in [0.5, 0.6) is 5.75 Å². The molecule has 0 spiro atoms. The molecule has 4 aromatic carbocycles. The first-order valence-corrected chi connectivity index (χ1v) is 12.3. The number of halogens is 6. The average Bonchev–Trinajstić information content (AvgIpc) is 2.87. The normalized spacial score (nSPS) is 11.0. The summed E-state index contributed by atoms with van der Waals surface area (Å²) in [6, 6.07) is 14.9. The first kappa shape index (κ1) is 27.4. The lowest BCUT2D eigenvalue weighted by molar-refractivity contribution is 0.435. The van der Waals surface area contributed by atoms with Crippen LogP contribution in [0.25, 0.3) is 22.3 Å². The van der Waals surface area contributed by atoms with Gasteiger partial charge in [0.25, 0.3) is 0 Å². The van der Waals surface area contributed by atoms with Gasteiger partial charge < -0.3 is 4.74 Å². The Morgan fingerprint density at radius 2 is 1.24 bits per heavy atom. The van der Waals surface area contributed by atoms with Gasteiger partial charge in [0, 0.05) is 17.7 Å². The predicted molar refractivity (Wildman–Crippen MR) is 139 cm³/mol. The van der Waals surface area contributed by atoms with Crippen molar-refractivity contribution in [2.24, 2.45) is 0 Å². The van der Waals surface area contributed by atoms with Crippen molar-refractivity contribution in [1.82, 2.24) is 0 Å². The lowest BCUT2D eigenvalue weighted by Gasteiger charge is -2.12. The Morgan fingerprint density at radius 1 is 0.658 bits per heavy atom. The van der Waals surface area contributed by atoms with Crippen LogP contribution in [0.2, 0.25) is 0 Å². The van der Waals surface area contributed by atoms with E-state index < -0.39 is 51.3 Å². The minimum absolute atomic E-state index is 0.0381. The zero-order valence-electron chi connectivity index (χ0n) is 20.3. The second kappa shape index (κ2) is 11.8. The van der Waals surface area contributed by atoms with Crippen LogP contribution in [0.1, 0.15) is 37.3 Å². The van der Waals surface area contributed by atoms with Gasteiger partial charge in [0.2, 0.25) is 5.05 Å². The molecular formula is C30H22F6OS. The molecular weight excluding hydrogens is 522 g/mol. The summed E-state index contributed by atoms with van der Waals surface area (Å²) < 4.78 is 89.7. The van der Waals surface area contributed by atoms with E-state index in [4.69, 9.17) is 17.0 Å². The average molecular weight is 545 g/mol. The van der Waals surface area contributed by atoms with E-state index in [1.807, 2.05) is 24.3 Å². The molecule has 38 heavy (non-hydrogen) atoms. The first-order chi connectivity index (χ1) is 18.2. The van der Waals surface area contributed by atoms with Gasteiger partial charge in [-0.2, -0.15) is 0 Å². The zero-order chi connectivity index (χ0) is 27.4. The van der Waals surface area contributed by atoms with Crippen molar-refractivity contribution in [2.45, 2.75) is 32.6 Å². The highest BCUT2D eigenvalue weighted by Crippen LogP contribution is 2.31. The van der Waals surface area contributed by atoms with E-state index >= 15 is 4.39 Å². The third-order valence-corrected chi connectivity index (χ3v) is 6.34. The molecule has 0 N–H and O–H groups in total. The number of hydrogen-bond acceptors (Lipinski definition) is 2. The minimum Gasteiger partial charge on any atom is -0.445 e. The topological polar surface area (TPSA) is 9.23 Å². The number of rotatable bonds is 8. The molecule has 0 heterocycles. The standard InChI is InChI=1S/C30H22F6OS/c1-2-3-4-5-17-6-8-18(9-7-17)19-10-11-22(23(31)12-19)20-13-24(32)28(25(33)14-20)30(38)37-21-15-26(34)29(36)27(35)16-21/h6-16H,2-5H2,1H3. The highest BCUT2D eigenvalue weighted by Gasteiger charge is 2.21. The maximum absolute atomic E-state index is 15.0. The molecule has 0 atom stereocenters. The molecule has 8 heteroatoms. The summed E-state index contributed by atoms with van der Waals surface area (Å²) in [4.78, 5) is 0. The van der Waals surface area contributed by atoms with E-state index in [1.165, 1.54) is 17.7 Å². The molecule has 0 aliphatic heterocycles. The number of hydrogen-bond donors (Lipinski definition) is 0. The monoisotopic (exact) mass is 544 g/mol. The third kappa shape index (κ3) is 6.07. The van der Waals surface area contributed by atoms with E-state index in [0.717, 1.165) is 43.4 Å². The summed E-state index contributed by atoms with van der Waals surface area (Å²) in [6.45, 7) is 2.14. The van der Waals surface area contributed by atoms with Crippen molar-refractivity contribution in [2.75, 3.05) is 0 Å². The van der Waals surface area contributed by atoms with Crippen LogP contribution >= 0.6 is 12.2 Å². The van der Waals surface area contributed by atoms with Gasteiger partial charge in [-0.1, -0.05) is 56.2 Å². The van der Waals surface area contributed by atoms with Crippen LogP contribution in [-0.4, -0.2) is 5.05 Å². The number of thiocarbonyl (C=S) groups is 1. The number of benzene rings is 4. The van der Waals surface area contributed by atoms with Crippen molar-refractivity contribution >= 4 is 17.3 Å². The van der Waals surface area contributed by atoms with Crippen molar-refractivity contribution in [3.63, 3.8) is 0 Å². The fraction of sp³-hybridized carbons (Fsp3) is 0.167. The summed E-state index contributed by atoms with van der Waals surface area (Å²) in [6.07, 6.45) is 4.37. The van der Waals surface area contributed by atoms with E-state index in [1.54, 1.807) is 6.07 Å². The van der Waals surface area contributed by atoms with Gasteiger partial charge in [-0.05, 0) is 65.5 Å². The largest absolute Gasteiger partial charge is 0.445 e. The minimum atomic E-state index is -1.72. The molecule has 0 fully saturated rings. The summed E-state index contributed by atoms with van der Waals surface area (Å²) in [5.74, 6) is -8.44. The summed E-state index contributed by atoms with van der Waals surface area (Å²) in [5.41, 5.74) is 1.70. The summed E-state index contributed by atoms with van der Waals surface area (Å²) >= 11 is 4.88. The Morgan fingerprint density at radius 3 is 1.82 bits per heavy atom. The van der Waals surface area contributed by atoms with E-state index in [-0.39, 0.29) is 11.1 Å². The second-order valence-electron chi connectivity index (χ2n) is 8.75. The second-order valence-corrected chi connectivity index (χ2v) is 9.12. The van der Waals surface area contributed by atoms with Crippen molar-refractivity contribution < 1.29 is 31.1 Å². The van der Waals surface area contributed by atoms with E-state index in [0.29, 0.717) is 17.7 Å². The van der Waals surface area contributed by atoms with Crippen LogP contribution in [0.3, 0.4) is 0 Å². The van der Waals surface area contributed by atoms with Crippen LogP contribution in [-0.2, 0) is 6.42 Å². The van der Waals surface area contributed by atoms with Gasteiger partial charge in [0.05, 0.1) is 0 Å². The maximum Gasteiger partial charge on any atom is 0.203 e. The summed E-state index contributed by atoms with van der Waals surface area (Å²) in [7, 11) is 0. The Bertz CT molecular complexity index is 1440. The molecule has 196 valence electrons. The number of unbranched alkanes of at least 4 members (excludes halogenated alkanes) is 2. The zero-order valence-corrected chi connectivity index (χ0v) is 21.1. The third-order valence-electron chi connectivity index (χ3n) is 6.05. The fourth-order valence-corrected chi connectivity index (χ4v) is 4.34. The van der Waals surface area contributed by atoms with E-state index in [9.17, 15) is 22.0 Å². The van der Waals surface area contributed by atoms with Gasteiger partial charge in [-0.15, -0.1) is 0 Å². The van der Waals surface area contributed by atoms with Crippen LogP contribution in [0.4, 0.5) is 26.3 Å². The molecule has 0 saturated carbocycles. The molecule has 1 nitrogen and oxygen atoms in total. The van der Waals surface area contributed by atoms with Crippen molar-refractivity contribution in [3.8, 4) is 28.0 Å². The molecule has 0 radical (unpaired) electrons. The maximum atomic E-state index is 15.0. The van der Waals surface area contributed by atoms with E-state index in [2.05, 4.69) is 6.92 Å². The Labute approximate surface area is 221 Å². The quantitative estimate of drug-likeness (QED) is 0.0946. The van der Waals surface area contributed by atoms with Gasteiger partial charge in [-0.25, -0.2) is 26.3 Å². The Kier molecular flexibility index (Phi) is 8.52. The molecule has 0 aromatic heterocycles. The highest BCUT2D eigenvalue weighted by molar-refractivity contribution is 7.80. The van der Waals surface area contributed by atoms with Crippen LogP contribution < -0.4 is 4.74 Å². The molecule has 0 unspecified atom stereocenters. The lowest BCUT2D eigenvalue weighted by Crippen LogP contribution is -2.13. The van der Waals surface area contributed by atoms with Gasteiger partial charge in [-0.3, -0.25) is 0 Å². The number of ether oxygens (including phenoxy) is 1. The van der Waals surface area contributed by atoms with Crippen molar-refractivity contribution in [3.05, 3.63) is 113 Å². The van der Waals surface area contributed by atoms with Gasteiger partial charge in [0.15, 0.2) is 17.5 Å². The molecule has 0 saturated heterocycles. The van der Waals surface area contributed by atoms with Crippen LogP contribution in [0, 0.1) is 34.9 Å². The van der Waals surface area contributed by atoms with Gasteiger partial charge >= 0.3 is 0 Å². The number of aryl methyl sites for hydroxylation is 1. The molecule has 4 rings (SSSR count). The smallest absolute Gasteiger partial charge is 0.203 e.